The van der Waals surface area contributed by atoms with Gasteiger partial charge in [0.15, 0.2) is 5.76 Å². The second-order valence-corrected chi connectivity index (χ2v) is 8.92. The third-order valence-electron chi connectivity index (χ3n) is 5.45. The minimum atomic E-state index is -3.71. The summed E-state index contributed by atoms with van der Waals surface area (Å²) in [7, 11) is -3.71. The van der Waals surface area contributed by atoms with Gasteiger partial charge in [0, 0.05) is 25.3 Å². The van der Waals surface area contributed by atoms with E-state index >= 15 is 0 Å². The van der Waals surface area contributed by atoms with Crippen LogP contribution in [0.5, 0.6) is 0 Å². The number of carbonyl (C=O) groups excluding carboxylic acids is 1. The van der Waals surface area contributed by atoms with Crippen LogP contribution in [-0.4, -0.2) is 43.4 Å². The van der Waals surface area contributed by atoms with Crippen LogP contribution >= 0.6 is 0 Å². The van der Waals surface area contributed by atoms with Crippen molar-refractivity contribution in [2.45, 2.75) is 31.1 Å². The molecule has 2 fully saturated rings. The highest BCUT2D eigenvalue weighted by Crippen LogP contribution is 2.43. The predicted molar refractivity (Wildman–Crippen MR) is 95.1 cm³/mol. The summed E-state index contributed by atoms with van der Waals surface area (Å²) in [4.78, 5) is 15.0. The molecule has 2 aliphatic heterocycles. The van der Waals surface area contributed by atoms with Gasteiger partial charge in [-0.3, -0.25) is 4.79 Å². The lowest BCUT2D eigenvalue weighted by atomic mass is 9.79. The molecule has 3 heterocycles. The Morgan fingerprint density at radius 2 is 1.92 bits per heavy atom. The van der Waals surface area contributed by atoms with Gasteiger partial charge in [-0.15, -0.1) is 0 Å². The number of anilines is 1. The summed E-state index contributed by atoms with van der Waals surface area (Å²) < 4.78 is 32.3. The minimum absolute atomic E-state index is 0.0191. The highest BCUT2D eigenvalue weighted by molar-refractivity contribution is 7.89. The van der Waals surface area contributed by atoms with E-state index in [2.05, 4.69) is 5.16 Å². The standard InChI is InChI=1S/C18H21N3O4S/c1-14-16(12-19-25-14)26(23,24)20-10-5-8-18(13-20)9-11-21(17(18)22)15-6-3-2-4-7-15/h2-4,6-7,12H,5,8-11,13H2,1H3. The van der Waals surface area contributed by atoms with Crippen molar-refractivity contribution in [2.75, 3.05) is 24.5 Å². The van der Waals surface area contributed by atoms with E-state index < -0.39 is 15.4 Å². The van der Waals surface area contributed by atoms with Crippen LogP contribution in [0.15, 0.2) is 45.9 Å². The number of para-hydroxylation sites is 1. The van der Waals surface area contributed by atoms with Crippen LogP contribution < -0.4 is 4.90 Å². The number of aryl methyl sites for hydroxylation is 1. The highest BCUT2D eigenvalue weighted by atomic mass is 32.2. The van der Waals surface area contributed by atoms with Crippen LogP contribution in [0.2, 0.25) is 0 Å². The number of sulfonamides is 1. The van der Waals surface area contributed by atoms with Gasteiger partial charge >= 0.3 is 0 Å². The molecule has 0 bridgehead atoms. The van der Waals surface area contributed by atoms with Crippen LogP contribution in [0.25, 0.3) is 0 Å². The van der Waals surface area contributed by atoms with Gasteiger partial charge in [-0.05, 0) is 38.3 Å². The highest BCUT2D eigenvalue weighted by Gasteiger charge is 2.51. The third kappa shape index (κ3) is 2.64. The lowest BCUT2D eigenvalue weighted by Gasteiger charge is -2.38. The number of nitrogens with zero attached hydrogens (tertiary/aromatic N) is 3. The SMILES string of the molecule is Cc1oncc1S(=O)(=O)N1CCCC2(CCN(c3ccccc3)C2=O)C1. The van der Waals surface area contributed by atoms with Gasteiger partial charge in [0.25, 0.3) is 0 Å². The molecule has 0 N–H and O–H groups in total. The van der Waals surface area contributed by atoms with Crippen molar-refractivity contribution in [1.29, 1.82) is 0 Å². The van der Waals surface area contributed by atoms with Crippen molar-refractivity contribution < 1.29 is 17.7 Å². The molecule has 26 heavy (non-hydrogen) atoms. The van der Waals surface area contributed by atoms with Gasteiger partial charge in [0.1, 0.15) is 4.90 Å². The fourth-order valence-corrected chi connectivity index (χ4v) is 5.67. The summed E-state index contributed by atoms with van der Waals surface area (Å²) in [5.74, 6) is 0.291. The Morgan fingerprint density at radius 3 is 2.62 bits per heavy atom. The zero-order valence-corrected chi connectivity index (χ0v) is 15.4. The fraction of sp³-hybridized carbons (Fsp3) is 0.444. The Balaban J connectivity index is 1.61. The molecule has 1 aromatic carbocycles. The number of carbonyl (C=O) groups is 1. The first-order valence-electron chi connectivity index (χ1n) is 8.72. The van der Waals surface area contributed by atoms with E-state index in [0.29, 0.717) is 32.4 Å². The number of piperidine rings is 1. The first kappa shape index (κ1) is 17.2. The molecule has 0 aliphatic carbocycles. The molecule has 1 atom stereocenters. The molecular weight excluding hydrogens is 354 g/mol. The van der Waals surface area contributed by atoms with Gasteiger partial charge in [-0.25, -0.2) is 8.42 Å². The number of hydrogen-bond acceptors (Lipinski definition) is 5. The topological polar surface area (TPSA) is 83.7 Å². The molecular formula is C18H21N3O4S. The van der Waals surface area contributed by atoms with E-state index in [1.807, 2.05) is 30.3 Å². The molecule has 2 aromatic rings. The number of hydrogen-bond donors (Lipinski definition) is 0. The molecule has 2 aliphatic rings. The van der Waals surface area contributed by atoms with Crippen LogP contribution in [-0.2, 0) is 14.8 Å². The lowest BCUT2D eigenvalue weighted by molar-refractivity contribution is -0.127. The van der Waals surface area contributed by atoms with Gasteiger partial charge in [0.2, 0.25) is 15.9 Å². The normalized spacial score (nSPS) is 24.5. The molecule has 1 aromatic heterocycles. The zero-order valence-electron chi connectivity index (χ0n) is 14.6. The van der Waals surface area contributed by atoms with Crippen molar-refractivity contribution in [3.05, 3.63) is 42.3 Å². The fourth-order valence-electron chi connectivity index (χ4n) is 4.02. The summed E-state index contributed by atoms with van der Waals surface area (Å²) in [5.41, 5.74) is 0.218. The summed E-state index contributed by atoms with van der Waals surface area (Å²) >= 11 is 0. The molecule has 0 saturated carbocycles. The van der Waals surface area contributed by atoms with Crippen molar-refractivity contribution >= 4 is 21.6 Å². The molecule has 138 valence electrons. The summed E-state index contributed by atoms with van der Waals surface area (Å²) in [6.45, 7) is 2.82. The van der Waals surface area contributed by atoms with Crippen molar-refractivity contribution in [3.63, 3.8) is 0 Å². The molecule has 0 radical (unpaired) electrons. The zero-order chi connectivity index (χ0) is 18.4. The smallest absolute Gasteiger partial charge is 0.248 e. The molecule has 7 nitrogen and oxygen atoms in total. The predicted octanol–water partition coefficient (Wildman–Crippen LogP) is 2.19. The van der Waals surface area contributed by atoms with E-state index in [4.69, 9.17) is 4.52 Å². The van der Waals surface area contributed by atoms with E-state index in [9.17, 15) is 13.2 Å². The van der Waals surface area contributed by atoms with Crippen molar-refractivity contribution in [2.24, 2.45) is 5.41 Å². The molecule has 2 saturated heterocycles. The Bertz CT molecular complexity index is 925. The number of amides is 1. The van der Waals surface area contributed by atoms with Gasteiger partial charge in [-0.2, -0.15) is 4.31 Å². The molecule has 1 amide bonds. The quantitative estimate of drug-likeness (QED) is 0.821. The first-order valence-corrected chi connectivity index (χ1v) is 10.2. The summed E-state index contributed by atoms with van der Waals surface area (Å²) in [6.07, 6.45) is 3.27. The monoisotopic (exact) mass is 375 g/mol. The Labute approximate surface area is 152 Å². The van der Waals surface area contributed by atoms with E-state index in [-0.39, 0.29) is 23.1 Å². The maximum atomic E-state index is 13.2. The van der Waals surface area contributed by atoms with Gasteiger partial charge in [-0.1, -0.05) is 23.4 Å². The number of aromatic nitrogens is 1. The van der Waals surface area contributed by atoms with E-state index in [0.717, 1.165) is 5.69 Å². The van der Waals surface area contributed by atoms with Crippen LogP contribution in [0, 0.1) is 12.3 Å². The van der Waals surface area contributed by atoms with Crippen LogP contribution in [0.4, 0.5) is 5.69 Å². The molecule has 4 rings (SSSR count). The summed E-state index contributed by atoms with van der Waals surface area (Å²) in [5, 5.41) is 3.58. The number of rotatable bonds is 3. The van der Waals surface area contributed by atoms with Crippen molar-refractivity contribution in [3.8, 4) is 0 Å². The Morgan fingerprint density at radius 1 is 1.15 bits per heavy atom. The maximum absolute atomic E-state index is 13.2. The van der Waals surface area contributed by atoms with Gasteiger partial charge in [0.05, 0.1) is 11.6 Å². The Hall–Kier alpha value is -2.19. The van der Waals surface area contributed by atoms with Crippen LogP contribution in [0.1, 0.15) is 25.0 Å². The molecule has 8 heteroatoms. The minimum Gasteiger partial charge on any atom is -0.360 e. The lowest BCUT2D eigenvalue weighted by Crippen LogP contribution is -2.49. The van der Waals surface area contributed by atoms with E-state index in [1.165, 1.54) is 10.5 Å². The van der Waals surface area contributed by atoms with Crippen molar-refractivity contribution in [1.82, 2.24) is 9.46 Å². The summed E-state index contributed by atoms with van der Waals surface area (Å²) in [6, 6.07) is 9.54. The average Bonchev–Trinajstić information content (AvgIpc) is 3.21. The van der Waals surface area contributed by atoms with E-state index in [1.54, 1.807) is 11.8 Å². The maximum Gasteiger partial charge on any atom is 0.248 e. The molecule has 1 unspecified atom stereocenters. The largest absolute Gasteiger partial charge is 0.360 e. The number of benzene rings is 1. The first-order chi connectivity index (χ1) is 12.4. The second-order valence-electron chi connectivity index (χ2n) is 7.01. The second kappa shape index (κ2) is 6.21. The Kier molecular flexibility index (Phi) is 4.11. The average molecular weight is 375 g/mol. The third-order valence-corrected chi connectivity index (χ3v) is 7.39. The van der Waals surface area contributed by atoms with Gasteiger partial charge < -0.3 is 9.42 Å². The molecule has 1 spiro atoms. The van der Waals surface area contributed by atoms with Crippen LogP contribution in [0.3, 0.4) is 0 Å².